The van der Waals surface area contributed by atoms with E-state index in [2.05, 4.69) is 58.5 Å². The van der Waals surface area contributed by atoms with Gasteiger partial charge in [-0.3, -0.25) is 0 Å². The van der Waals surface area contributed by atoms with Crippen LogP contribution in [-0.4, -0.2) is 9.55 Å². The molecule has 0 bridgehead atoms. The van der Waals surface area contributed by atoms with Gasteiger partial charge in [0.1, 0.15) is 0 Å². The van der Waals surface area contributed by atoms with Gasteiger partial charge in [0.05, 0.1) is 17.2 Å². The molecule has 0 saturated carbocycles. The molecule has 20 heavy (non-hydrogen) atoms. The number of aryl methyl sites for hydroxylation is 2. The van der Waals surface area contributed by atoms with Crippen LogP contribution >= 0.6 is 11.3 Å². The van der Waals surface area contributed by atoms with Gasteiger partial charge in [0.25, 0.3) is 0 Å². The lowest BCUT2D eigenvalue weighted by Gasteiger charge is -2.08. The zero-order chi connectivity index (χ0) is 13.9. The molecule has 0 fully saturated rings. The Hall–Kier alpha value is -2.07. The van der Waals surface area contributed by atoms with Crippen LogP contribution in [0.4, 0.5) is 5.69 Å². The van der Waals surface area contributed by atoms with E-state index in [0.29, 0.717) is 0 Å². The van der Waals surface area contributed by atoms with Gasteiger partial charge in [-0.2, -0.15) is 0 Å². The van der Waals surface area contributed by atoms with E-state index in [4.69, 9.17) is 0 Å². The molecule has 3 aromatic rings. The number of anilines is 1. The van der Waals surface area contributed by atoms with Gasteiger partial charge in [-0.05, 0) is 44.2 Å². The summed E-state index contributed by atoms with van der Waals surface area (Å²) in [5.74, 6) is 0. The second-order valence-corrected chi connectivity index (χ2v) is 6.02. The summed E-state index contributed by atoms with van der Waals surface area (Å²) >= 11 is 1.76. The molecule has 0 saturated heterocycles. The van der Waals surface area contributed by atoms with E-state index >= 15 is 0 Å². The Labute approximate surface area is 122 Å². The molecule has 0 spiro atoms. The largest absolute Gasteiger partial charge is 0.380 e. The number of benzene rings is 1. The third-order valence-corrected chi connectivity index (χ3v) is 4.27. The fourth-order valence-corrected chi connectivity index (χ4v) is 3.08. The molecule has 1 N–H and O–H groups in total. The Morgan fingerprint density at radius 3 is 2.65 bits per heavy atom. The molecule has 0 atom stereocenters. The first kappa shape index (κ1) is 12.9. The van der Waals surface area contributed by atoms with Crippen molar-refractivity contribution >= 4 is 17.0 Å². The van der Waals surface area contributed by atoms with E-state index in [9.17, 15) is 0 Å². The molecule has 0 amide bonds. The first-order valence-electron chi connectivity index (χ1n) is 6.62. The van der Waals surface area contributed by atoms with E-state index in [1.54, 1.807) is 11.3 Å². The molecule has 0 aliphatic rings. The Balaban J connectivity index is 1.75. The van der Waals surface area contributed by atoms with Crippen LogP contribution in [0.25, 0.3) is 5.69 Å². The maximum Gasteiger partial charge on any atom is 0.0900 e. The predicted octanol–water partition coefficient (Wildman–Crippen LogP) is 4.16. The van der Waals surface area contributed by atoms with Crippen LogP contribution in [0.15, 0.2) is 48.8 Å². The van der Waals surface area contributed by atoms with E-state index < -0.39 is 0 Å². The maximum atomic E-state index is 4.46. The monoisotopic (exact) mass is 283 g/mol. The average Bonchev–Trinajstić information content (AvgIpc) is 3.07. The van der Waals surface area contributed by atoms with Gasteiger partial charge in [0.15, 0.2) is 0 Å². The van der Waals surface area contributed by atoms with Crippen LogP contribution in [0.3, 0.4) is 0 Å². The number of thiazole rings is 1. The highest BCUT2D eigenvalue weighted by molar-refractivity contribution is 7.11. The molecule has 0 radical (unpaired) electrons. The summed E-state index contributed by atoms with van der Waals surface area (Å²) in [5.41, 5.74) is 3.42. The van der Waals surface area contributed by atoms with Gasteiger partial charge in [0, 0.05) is 28.6 Å². The molecule has 102 valence electrons. The zero-order valence-corrected chi connectivity index (χ0v) is 12.4. The van der Waals surface area contributed by atoms with Crippen molar-refractivity contribution in [3.63, 3.8) is 0 Å². The number of rotatable bonds is 4. The van der Waals surface area contributed by atoms with Gasteiger partial charge in [-0.1, -0.05) is 6.07 Å². The summed E-state index contributed by atoms with van der Waals surface area (Å²) in [7, 11) is 0. The highest BCUT2D eigenvalue weighted by atomic mass is 32.1. The molecular formula is C16H17N3S. The van der Waals surface area contributed by atoms with Gasteiger partial charge in [-0.25, -0.2) is 4.98 Å². The number of nitrogens with one attached hydrogen (secondary N) is 1. The molecule has 2 aromatic heterocycles. The normalized spacial score (nSPS) is 10.7. The third kappa shape index (κ3) is 2.75. The molecule has 4 heteroatoms. The number of hydrogen-bond donors (Lipinski definition) is 1. The van der Waals surface area contributed by atoms with Crippen molar-refractivity contribution < 1.29 is 0 Å². The van der Waals surface area contributed by atoms with Crippen LogP contribution in [0.1, 0.15) is 15.6 Å². The van der Waals surface area contributed by atoms with Crippen molar-refractivity contribution in [1.29, 1.82) is 0 Å². The van der Waals surface area contributed by atoms with Crippen LogP contribution in [-0.2, 0) is 6.54 Å². The minimum atomic E-state index is 0.826. The van der Waals surface area contributed by atoms with Gasteiger partial charge in [0.2, 0.25) is 0 Å². The third-order valence-electron chi connectivity index (χ3n) is 3.20. The second kappa shape index (κ2) is 5.51. The van der Waals surface area contributed by atoms with Crippen LogP contribution in [0, 0.1) is 13.8 Å². The summed E-state index contributed by atoms with van der Waals surface area (Å²) < 4.78 is 2.10. The van der Waals surface area contributed by atoms with E-state index in [1.165, 1.54) is 4.88 Å². The van der Waals surface area contributed by atoms with Crippen LogP contribution < -0.4 is 5.32 Å². The first-order chi connectivity index (χ1) is 9.72. The molecule has 0 aliphatic carbocycles. The van der Waals surface area contributed by atoms with E-state index in [0.717, 1.165) is 28.6 Å². The molecule has 0 unspecified atom stereocenters. The number of nitrogens with zero attached hydrogens (tertiary/aromatic N) is 2. The fourth-order valence-electron chi connectivity index (χ4n) is 2.20. The highest BCUT2D eigenvalue weighted by Crippen LogP contribution is 2.20. The summed E-state index contributed by atoms with van der Waals surface area (Å²) in [4.78, 5) is 5.76. The molecule has 2 heterocycles. The van der Waals surface area contributed by atoms with Gasteiger partial charge < -0.3 is 9.88 Å². The quantitative estimate of drug-likeness (QED) is 0.779. The average molecular weight is 283 g/mol. The first-order valence-corrected chi connectivity index (χ1v) is 7.44. The Morgan fingerprint density at radius 2 is 1.95 bits per heavy atom. The van der Waals surface area contributed by atoms with Crippen molar-refractivity contribution in [2.75, 3.05) is 5.32 Å². The SMILES string of the molecule is Cc1nc(C)c(CNc2cccc(-n3cccc3)c2)s1. The molecule has 3 rings (SSSR count). The van der Waals surface area contributed by atoms with Gasteiger partial charge in [-0.15, -0.1) is 11.3 Å². The summed E-state index contributed by atoms with van der Waals surface area (Å²) in [6.45, 7) is 4.94. The number of aromatic nitrogens is 2. The van der Waals surface area contributed by atoms with Gasteiger partial charge >= 0.3 is 0 Å². The van der Waals surface area contributed by atoms with Crippen molar-refractivity contribution in [3.8, 4) is 5.69 Å². The Kier molecular flexibility index (Phi) is 3.56. The second-order valence-electron chi connectivity index (χ2n) is 4.74. The lowest BCUT2D eigenvalue weighted by molar-refractivity contribution is 1.07. The van der Waals surface area contributed by atoms with Crippen molar-refractivity contribution in [1.82, 2.24) is 9.55 Å². The minimum absolute atomic E-state index is 0.826. The smallest absolute Gasteiger partial charge is 0.0900 e. The lowest BCUT2D eigenvalue weighted by Crippen LogP contribution is -2.00. The van der Waals surface area contributed by atoms with Crippen LogP contribution in [0.2, 0.25) is 0 Å². The van der Waals surface area contributed by atoms with Crippen LogP contribution in [0.5, 0.6) is 0 Å². The lowest BCUT2D eigenvalue weighted by atomic mass is 10.2. The topological polar surface area (TPSA) is 29.9 Å². The van der Waals surface area contributed by atoms with E-state index in [-0.39, 0.29) is 0 Å². The molecule has 1 aromatic carbocycles. The zero-order valence-electron chi connectivity index (χ0n) is 11.6. The molecular weight excluding hydrogens is 266 g/mol. The van der Waals surface area contributed by atoms with Crippen molar-refractivity contribution in [2.24, 2.45) is 0 Å². The fraction of sp³-hybridized carbons (Fsp3) is 0.188. The Bertz CT molecular complexity index is 698. The molecule has 0 aliphatic heterocycles. The standard InChI is InChI=1S/C16H17N3S/c1-12-16(20-13(2)18-12)11-17-14-6-5-7-15(10-14)19-8-3-4-9-19/h3-10,17H,11H2,1-2H3. The van der Waals surface area contributed by atoms with Crippen molar-refractivity contribution in [3.05, 3.63) is 64.4 Å². The highest BCUT2D eigenvalue weighted by Gasteiger charge is 2.04. The molecule has 3 nitrogen and oxygen atoms in total. The van der Waals surface area contributed by atoms with E-state index in [1.807, 2.05) is 19.1 Å². The summed E-state index contributed by atoms with van der Waals surface area (Å²) in [6.07, 6.45) is 4.10. The van der Waals surface area contributed by atoms with Crippen molar-refractivity contribution in [2.45, 2.75) is 20.4 Å². The number of hydrogen-bond acceptors (Lipinski definition) is 3. The minimum Gasteiger partial charge on any atom is -0.380 e. The summed E-state index contributed by atoms with van der Waals surface area (Å²) in [6, 6.07) is 12.5. The predicted molar refractivity (Wildman–Crippen MR) is 84.7 cm³/mol. The summed E-state index contributed by atoms with van der Waals surface area (Å²) in [5, 5.41) is 4.60. The maximum absolute atomic E-state index is 4.46. The Morgan fingerprint density at radius 1 is 1.15 bits per heavy atom.